The van der Waals surface area contributed by atoms with Gasteiger partial charge < -0.3 is 14.8 Å². The average molecular weight is 464 g/mol. The van der Waals surface area contributed by atoms with Gasteiger partial charge in [-0.25, -0.2) is 18.0 Å². The number of sulfonamides is 1. The van der Waals surface area contributed by atoms with Crippen LogP contribution in [0.2, 0.25) is 0 Å². The molecular weight excluding hydrogens is 438 g/mol. The maximum absolute atomic E-state index is 13.1. The van der Waals surface area contributed by atoms with E-state index >= 15 is 0 Å². The van der Waals surface area contributed by atoms with Crippen LogP contribution in [0.3, 0.4) is 0 Å². The van der Waals surface area contributed by atoms with Gasteiger partial charge in [0.05, 0.1) is 12.7 Å². The van der Waals surface area contributed by atoms with Gasteiger partial charge in [-0.1, -0.05) is 30.3 Å². The van der Waals surface area contributed by atoms with Gasteiger partial charge in [0, 0.05) is 20.1 Å². The standard InChI is InChI=1S/C21H25N3O7S/c1-4-22-21(27)23-19(25)14-31-20(26)16-10-11-17(30-3)18(12-16)32(28,29)24(2)13-15-8-6-5-7-9-15/h5-12H,4,13-14H2,1-3H3,(H2,22,23,25,27). The summed E-state index contributed by atoms with van der Waals surface area (Å²) in [6.07, 6.45) is 0. The van der Waals surface area contributed by atoms with Gasteiger partial charge in [0.25, 0.3) is 5.91 Å². The van der Waals surface area contributed by atoms with E-state index in [0.717, 1.165) is 15.9 Å². The second-order valence-electron chi connectivity index (χ2n) is 6.60. The van der Waals surface area contributed by atoms with Crippen molar-refractivity contribution in [3.63, 3.8) is 0 Å². The molecule has 11 heteroatoms. The molecule has 0 atom stereocenters. The lowest BCUT2D eigenvalue weighted by atomic mass is 10.2. The average Bonchev–Trinajstić information content (AvgIpc) is 2.77. The van der Waals surface area contributed by atoms with Crippen LogP contribution in [-0.2, 0) is 26.1 Å². The van der Waals surface area contributed by atoms with Crippen LogP contribution in [0, 0.1) is 0 Å². The number of esters is 1. The maximum Gasteiger partial charge on any atom is 0.338 e. The quantitative estimate of drug-likeness (QED) is 0.539. The number of rotatable bonds is 9. The van der Waals surface area contributed by atoms with E-state index in [0.29, 0.717) is 6.54 Å². The lowest BCUT2D eigenvalue weighted by Crippen LogP contribution is -2.41. The fourth-order valence-corrected chi connectivity index (χ4v) is 4.02. The molecule has 3 amide bonds. The first-order chi connectivity index (χ1) is 15.2. The van der Waals surface area contributed by atoms with E-state index in [1.54, 1.807) is 31.2 Å². The van der Waals surface area contributed by atoms with Crippen LogP contribution in [0.1, 0.15) is 22.8 Å². The SMILES string of the molecule is CCNC(=O)NC(=O)COC(=O)c1ccc(OC)c(S(=O)(=O)N(C)Cc2ccccc2)c1. The zero-order valence-corrected chi connectivity index (χ0v) is 18.8. The third kappa shape index (κ3) is 6.53. The van der Waals surface area contributed by atoms with E-state index < -0.39 is 34.5 Å². The third-order valence-electron chi connectivity index (χ3n) is 4.26. The predicted octanol–water partition coefficient (Wildman–Crippen LogP) is 1.52. The number of hydrogen-bond acceptors (Lipinski definition) is 7. The molecule has 0 aliphatic rings. The summed E-state index contributed by atoms with van der Waals surface area (Å²) < 4.78 is 37.4. The molecule has 2 aromatic carbocycles. The monoisotopic (exact) mass is 463 g/mol. The summed E-state index contributed by atoms with van der Waals surface area (Å²) >= 11 is 0. The number of ether oxygens (including phenoxy) is 2. The largest absolute Gasteiger partial charge is 0.495 e. The second-order valence-corrected chi connectivity index (χ2v) is 8.61. The van der Waals surface area contributed by atoms with Gasteiger partial charge in [0.2, 0.25) is 10.0 Å². The summed E-state index contributed by atoms with van der Waals surface area (Å²) in [5, 5.41) is 4.35. The van der Waals surface area contributed by atoms with Gasteiger partial charge in [0.1, 0.15) is 10.6 Å². The summed E-state index contributed by atoms with van der Waals surface area (Å²) in [6.45, 7) is 1.40. The lowest BCUT2D eigenvalue weighted by Gasteiger charge is -2.19. The van der Waals surface area contributed by atoms with Crippen molar-refractivity contribution < 1.29 is 32.3 Å². The molecular formula is C21H25N3O7S. The summed E-state index contributed by atoms with van der Waals surface area (Å²) in [7, 11) is -1.29. The van der Waals surface area contributed by atoms with Crippen LogP contribution < -0.4 is 15.4 Å². The van der Waals surface area contributed by atoms with Crippen molar-refractivity contribution in [3.8, 4) is 5.75 Å². The van der Waals surface area contributed by atoms with Gasteiger partial charge in [-0.2, -0.15) is 4.31 Å². The van der Waals surface area contributed by atoms with Crippen molar-refractivity contribution in [1.82, 2.24) is 14.9 Å². The van der Waals surface area contributed by atoms with Crippen LogP contribution in [0.4, 0.5) is 4.79 Å². The molecule has 0 aliphatic heterocycles. The molecule has 0 heterocycles. The normalized spacial score (nSPS) is 11.0. The first-order valence-electron chi connectivity index (χ1n) is 9.62. The van der Waals surface area contributed by atoms with Crippen molar-refractivity contribution in [2.24, 2.45) is 0 Å². The lowest BCUT2D eigenvalue weighted by molar-refractivity contribution is -0.123. The van der Waals surface area contributed by atoms with Crippen molar-refractivity contribution in [1.29, 1.82) is 0 Å². The Bertz CT molecular complexity index is 1070. The van der Waals surface area contributed by atoms with E-state index in [-0.39, 0.29) is 22.8 Å². The molecule has 0 spiro atoms. The summed E-state index contributed by atoms with van der Waals surface area (Å²) in [5.74, 6) is -1.70. The number of nitrogens with zero attached hydrogens (tertiary/aromatic N) is 1. The van der Waals surface area contributed by atoms with Gasteiger partial charge >= 0.3 is 12.0 Å². The number of hydrogen-bond donors (Lipinski definition) is 2. The van der Waals surface area contributed by atoms with Crippen LogP contribution in [0.15, 0.2) is 53.4 Å². The molecule has 32 heavy (non-hydrogen) atoms. The highest BCUT2D eigenvalue weighted by atomic mass is 32.2. The Morgan fingerprint density at radius 2 is 1.75 bits per heavy atom. The predicted molar refractivity (Wildman–Crippen MR) is 116 cm³/mol. The third-order valence-corrected chi connectivity index (χ3v) is 6.08. The van der Waals surface area contributed by atoms with Gasteiger partial charge in [0.15, 0.2) is 6.61 Å². The van der Waals surface area contributed by atoms with Crippen LogP contribution in [-0.4, -0.2) is 57.9 Å². The number of carbonyl (C=O) groups is 3. The number of carbonyl (C=O) groups excluding carboxylic acids is 3. The molecule has 0 bridgehead atoms. The number of imide groups is 1. The molecule has 2 rings (SSSR count). The smallest absolute Gasteiger partial charge is 0.338 e. The number of benzene rings is 2. The fourth-order valence-electron chi connectivity index (χ4n) is 2.68. The molecule has 0 radical (unpaired) electrons. The molecule has 0 saturated carbocycles. The highest BCUT2D eigenvalue weighted by Gasteiger charge is 2.27. The molecule has 2 N–H and O–H groups in total. The molecule has 0 fully saturated rings. The molecule has 0 aliphatic carbocycles. The minimum Gasteiger partial charge on any atom is -0.495 e. The first kappa shape index (κ1) is 24.8. The van der Waals surface area contributed by atoms with E-state index in [1.807, 2.05) is 11.4 Å². The summed E-state index contributed by atoms with van der Waals surface area (Å²) in [6, 6.07) is 12.1. The maximum atomic E-state index is 13.1. The van der Waals surface area contributed by atoms with Crippen LogP contribution >= 0.6 is 0 Å². The van der Waals surface area contributed by atoms with Crippen LogP contribution in [0.25, 0.3) is 0 Å². The van der Waals surface area contributed by atoms with Gasteiger partial charge in [-0.05, 0) is 30.7 Å². The van der Waals surface area contributed by atoms with Crippen molar-refractivity contribution in [2.75, 3.05) is 27.3 Å². The van der Waals surface area contributed by atoms with Crippen LogP contribution in [0.5, 0.6) is 5.75 Å². The molecule has 10 nitrogen and oxygen atoms in total. The zero-order valence-electron chi connectivity index (χ0n) is 18.0. The van der Waals surface area contributed by atoms with Crippen molar-refractivity contribution in [2.45, 2.75) is 18.4 Å². The first-order valence-corrected chi connectivity index (χ1v) is 11.1. The molecule has 2 aromatic rings. The molecule has 0 unspecified atom stereocenters. The molecule has 0 saturated heterocycles. The van der Waals surface area contributed by atoms with E-state index in [9.17, 15) is 22.8 Å². The van der Waals surface area contributed by atoms with Crippen molar-refractivity contribution in [3.05, 3.63) is 59.7 Å². The molecule has 0 aromatic heterocycles. The zero-order chi connectivity index (χ0) is 23.7. The summed E-state index contributed by atoms with van der Waals surface area (Å²) in [5.41, 5.74) is 0.689. The topological polar surface area (TPSA) is 131 Å². The van der Waals surface area contributed by atoms with Gasteiger partial charge in [-0.15, -0.1) is 0 Å². The molecule has 172 valence electrons. The van der Waals surface area contributed by atoms with Crippen molar-refractivity contribution >= 4 is 27.9 Å². The minimum atomic E-state index is -4.02. The second kappa shape index (κ2) is 11.3. The fraction of sp³-hybridized carbons (Fsp3) is 0.286. The Morgan fingerprint density at radius 1 is 1.06 bits per heavy atom. The highest BCUT2D eigenvalue weighted by Crippen LogP contribution is 2.28. The number of methoxy groups -OCH3 is 1. The highest BCUT2D eigenvalue weighted by molar-refractivity contribution is 7.89. The van der Waals surface area contributed by atoms with Gasteiger partial charge in [-0.3, -0.25) is 10.1 Å². The Hall–Kier alpha value is -3.44. The Morgan fingerprint density at radius 3 is 2.38 bits per heavy atom. The Kier molecular flexibility index (Phi) is 8.73. The Balaban J connectivity index is 2.17. The number of urea groups is 1. The van der Waals surface area contributed by atoms with E-state index in [1.165, 1.54) is 26.3 Å². The minimum absolute atomic E-state index is 0.0513. The number of nitrogens with one attached hydrogen (secondary N) is 2. The van der Waals surface area contributed by atoms with E-state index in [2.05, 4.69) is 5.32 Å². The number of amides is 3. The Labute approximate surface area is 186 Å². The van der Waals surface area contributed by atoms with E-state index in [4.69, 9.17) is 9.47 Å². The summed E-state index contributed by atoms with van der Waals surface area (Å²) in [4.78, 5) is 35.1.